The monoisotopic (exact) mass is 299 g/mol. The number of halogens is 1. The van der Waals surface area contributed by atoms with E-state index < -0.39 is 5.54 Å². The SMILES string of the molecule is COc1cc(C2(N)CCCCC2)c(O)cc1Br. The number of ether oxygens (including phenoxy) is 1. The van der Waals surface area contributed by atoms with Gasteiger partial charge in [0.25, 0.3) is 0 Å². The highest BCUT2D eigenvalue weighted by Gasteiger charge is 2.32. The normalized spacial score (nSPS) is 19.0. The molecule has 0 heterocycles. The molecule has 4 heteroatoms. The summed E-state index contributed by atoms with van der Waals surface area (Å²) in [7, 11) is 1.62. The Labute approximate surface area is 110 Å². The van der Waals surface area contributed by atoms with Crippen LogP contribution in [0.1, 0.15) is 37.7 Å². The van der Waals surface area contributed by atoms with Gasteiger partial charge in [-0.3, -0.25) is 0 Å². The summed E-state index contributed by atoms with van der Waals surface area (Å²) in [6.07, 6.45) is 5.31. The van der Waals surface area contributed by atoms with E-state index in [0.29, 0.717) is 5.75 Å². The second kappa shape index (κ2) is 4.86. The second-order valence-corrected chi connectivity index (χ2v) is 5.58. The highest BCUT2D eigenvalue weighted by molar-refractivity contribution is 9.10. The molecule has 1 aromatic rings. The molecule has 0 atom stereocenters. The van der Waals surface area contributed by atoms with Gasteiger partial charge in [-0.25, -0.2) is 0 Å². The van der Waals surface area contributed by atoms with Gasteiger partial charge in [0.15, 0.2) is 0 Å². The Bertz CT molecular complexity index is 414. The van der Waals surface area contributed by atoms with Crippen molar-refractivity contribution in [3.63, 3.8) is 0 Å². The molecule has 0 saturated heterocycles. The molecule has 0 bridgehead atoms. The molecule has 1 aromatic carbocycles. The molecule has 1 fully saturated rings. The van der Waals surface area contributed by atoms with Gasteiger partial charge in [-0.05, 0) is 40.9 Å². The van der Waals surface area contributed by atoms with E-state index >= 15 is 0 Å². The van der Waals surface area contributed by atoms with E-state index in [4.69, 9.17) is 10.5 Å². The number of phenols is 1. The summed E-state index contributed by atoms with van der Waals surface area (Å²) in [5.41, 5.74) is 6.82. The van der Waals surface area contributed by atoms with Gasteiger partial charge in [-0.1, -0.05) is 19.3 Å². The number of hydrogen-bond acceptors (Lipinski definition) is 3. The van der Waals surface area contributed by atoms with Crippen LogP contribution in [-0.2, 0) is 5.54 Å². The average molecular weight is 300 g/mol. The van der Waals surface area contributed by atoms with Gasteiger partial charge in [0, 0.05) is 11.1 Å². The third-order valence-corrected chi connectivity index (χ3v) is 4.17. The average Bonchev–Trinajstić information content (AvgIpc) is 2.30. The quantitative estimate of drug-likeness (QED) is 0.881. The Hall–Kier alpha value is -0.740. The van der Waals surface area contributed by atoms with Crippen LogP contribution < -0.4 is 10.5 Å². The first-order chi connectivity index (χ1) is 8.07. The highest BCUT2D eigenvalue weighted by atomic mass is 79.9. The van der Waals surface area contributed by atoms with E-state index in [0.717, 1.165) is 35.7 Å². The maximum atomic E-state index is 10.1. The van der Waals surface area contributed by atoms with Crippen LogP contribution in [-0.4, -0.2) is 12.2 Å². The number of rotatable bonds is 2. The minimum atomic E-state index is -0.406. The number of benzene rings is 1. The van der Waals surface area contributed by atoms with E-state index in [-0.39, 0.29) is 5.75 Å². The molecule has 3 N–H and O–H groups in total. The number of methoxy groups -OCH3 is 1. The van der Waals surface area contributed by atoms with Crippen LogP contribution in [0.15, 0.2) is 16.6 Å². The van der Waals surface area contributed by atoms with Gasteiger partial charge in [0.2, 0.25) is 0 Å². The topological polar surface area (TPSA) is 55.5 Å². The molecule has 1 aliphatic rings. The first kappa shape index (κ1) is 12.7. The van der Waals surface area contributed by atoms with Crippen molar-refractivity contribution in [2.75, 3.05) is 7.11 Å². The van der Waals surface area contributed by atoms with Crippen LogP contribution in [0.25, 0.3) is 0 Å². The summed E-state index contributed by atoms with van der Waals surface area (Å²) in [6.45, 7) is 0. The van der Waals surface area contributed by atoms with Crippen LogP contribution in [0.4, 0.5) is 0 Å². The smallest absolute Gasteiger partial charge is 0.133 e. The molecule has 0 amide bonds. The molecule has 2 rings (SSSR count). The fraction of sp³-hybridized carbons (Fsp3) is 0.538. The van der Waals surface area contributed by atoms with Gasteiger partial charge in [-0.15, -0.1) is 0 Å². The minimum Gasteiger partial charge on any atom is -0.508 e. The van der Waals surface area contributed by atoms with Crippen molar-refractivity contribution in [3.8, 4) is 11.5 Å². The first-order valence-corrected chi connectivity index (χ1v) is 6.72. The Morgan fingerprint density at radius 2 is 1.94 bits per heavy atom. The summed E-state index contributed by atoms with van der Waals surface area (Å²) in [5.74, 6) is 0.968. The molecule has 17 heavy (non-hydrogen) atoms. The lowest BCUT2D eigenvalue weighted by Gasteiger charge is -2.34. The van der Waals surface area contributed by atoms with Crippen LogP contribution in [0.3, 0.4) is 0 Å². The first-order valence-electron chi connectivity index (χ1n) is 5.93. The lowest BCUT2D eigenvalue weighted by atomic mass is 9.77. The molecular weight excluding hydrogens is 282 g/mol. The summed E-state index contributed by atoms with van der Waals surface area (Å²) in [4.78, 5) is 0. The molecule has 0 aliphatic heterocycles. The zero-order chi connectivity index (χ0) is 12.5. The van der Waals surface area contributed by atoms with E-state index in [1.165, 1.54) is 6.42 Å². The number of nitrogens with two attached hydrogens (primary N) is 1. The molecule has 0 unspecified atom stereocenters. The van der Waals surface area contributed by atoms with Gasteiger partial charge in [0.05, 0.1) is 11.6 Å². The van der Waals surface area contributed by atoms with E-state index in [1.54, 1.807) is 13.2 Å². The maximum Gasteiger partial charge on any atom is 0.133 e. The van der Waals surface area contributed by atoms with Crippen LogP contribution in [0.5, 0.6) is 11.5 Å². The summed E-state index contributed by atoms with van der Waals surface area (Å²) >= 11 is 3.36. The van der Waals surface area contributed by atoms with Crippen molar-refractivity contribution < 1.29 is 9.84 Å². The van der Waals surface area contributed by atoms with Crippen molar-refractivity contribution in [2.45, 2.75) is 37.6 Å². The predicted octanol–water partition coefficient (Wildman–Crippen LogP) is 3.28. The van der Waals surface area contributed by atoms with Crippen molar-refractivity contribution in [1.29, 1.82) is 0 Å². The fourth-order valence-electron chi connectivity index (χ4n) is 2.55. The maximum absolute atomic E-state index is 10.1. The zero-order valence-electron chi connectivity index (χ0n) is 10.0. The second-order valence-electron chi connectivity index (χ2n) is 4.72. The van der Waals surface area contributed by atoms with Crippen molar-refractivity contribution in [3.05, 3.63) is 22.2 Å². The molecule has 0 aromatic heterocycles. The Morgan fingerprint density at radius 3 is 2.53 bits per heavy atom. The van der Waals surface area contributed by atoms with Crippen LogP contribution in [0.2, 0.25) is 0 Å². The fourth-order valence-corrected chi connectivity index (χ4v) is 3.04. The lowest BCUT2D eigenvalue weighted by Crippen LogP contribution is -2.38. The lowest BCUT2D eigenvalue weighted by molar-refractivity contribution is 0.290. The zero-order valence-corrected chi connectivity index (χ0v) is 11.6. The summed E-state index contributed by atoms with van der Waals surface area (Å²) in [5, 5.41) is 10.1. The van der Waals surface area contributed by atoms with Gasteiger partial charge in [0.1, 0.15) is 11.5 Å². The molecule has 3 nitrogen and oxygen atoms in total. The third-order valence-electron chi connectivity index (χ3n) is 3.55. The molecule has 0 radical (unpaired) electrons. The van der Waals surface area contributed by atoms with Crippen LogP contribution in [0, 0.1) is 0 Å². The minimum absolute atomic E-state index is 0.252. The molecular formula is C13H18BrNO2. The van der Waals surface area contributed by atoms with Crippen molar-refractivity contribution in [1.82, 2.24) is 0 Å². The Balaban J connectivity index is 2.43. The van der Waals surface area contributed by atoms with Gasteiger partial charge in [-0.2, -0.15) is 0 Å². The third kappa shape index (κ3) is 2.43. The highest BCUT2D eigenvalue weighted by Crippen LogP contribution is 2.42. The van der Waals surface area contributed by atoms with E-state index in [1.807, 2.05) is 6.07 Å². The van der Waals surface area contributed by atoms with Gasteiger partial charge >= 0.3 is 0 Å². The molecule has 94 valence electrons. The molecule has 1 saturated carbocycles. The predicted molar refractivity (Wildman–Crippen MR) is 71.3 cm³/mol. The summed E-state index contributed by atoms with van der Waals surface area (Å²) < 4.78 is 6.01. The van der Waals surface area contributed by atoms with Crippen molar-refractivity contribution >= 4 is 15.9 Å². The number of aromatic hydroxyl groups is 1. The standard InChI is InChI=1S/C13H18BrNO2/c1-17-12-7-9(11(16)8-10(12)14)13(15)5-3-2-4-6-13/h7-8,16H,2-6,15H2,1H3. The summed E-state index contributed by atoms with van der Waals surface area (Å²) in [6, 6.07) is 3.52. The number of hydrogen-bond donors (Lipinski definition) is 2. The molecule has 0 spiro atoms. The van der Waals surface area contributed by atoms with Gasteiger partial charge < -0.3 is 15.6 Å². The van der Waals surface area contributed by atoms with E-state index in [9.17, 15) is 5.11 Å². The largest absolute Gasteiger partial charge is 0.508 e. The Morgan fingerprint density at radius 1 is 1.29 bits per heavy atom. The number of phenolic OH excluding ortho intramolecular Hbond substituents is 1. The molecule has 1 aliphatic carbocycles. The van der Waals surface area contributed by atoms with Crippen molar-refractivity contribution in [2.24, 2.45) is 5.73 Å². The van der Waals surface area contributed by atoms with E-state index in [2.05, 4.69) is 15.9 Å². The Kier molecular flexibility index (Phi) is 3.64. The van der Waals surface area contributed by atoms with Crippen LogP contribution >= 0.6 is 15.9 Å².